The number of anilines is 1. The molecule has 0 heterocycles. The zero-order valence-corrected chi connectivity index (χ0v) is 11.8. The van der Waals surface area contributed by atoms with E-state index in [1.807, 2.05) is 31.2 Å². The van der Waals surface area contributed by atoms with Crippen molar-refractivity contribution in [3.8, 4) is 5.75 Å². The van der Waals surface area contributed by atoms with Crippen molar-refractivity contribution < 1.29 is 9.84 Å². The molecule has 0 saturated heterocycles. The van der Waals surface area contributed by atoms with Crippen LogP contribution in [0.4, 0.5) is 5.69 Å². The summed E-state index contributed by atoms with van der Waals surface area (Å²) in [7, 11) is 0. The molecule has 1 aliphatic carbocycles. The second-order valence-corrected chi connectivity index (χ2v) is 5.45. The molecule has 0 spiro atoms. The molecule has 3 nitrogen and oxygen atoms in total. The Hall–Kier alpha value is -1.22. The summed E-state index contributed by atoms with van der Waals surface area (Å²) in [6, 6.07) is 7.93. The molecule has 19 heavy (non-hydrogen) atoms. The molecule has 2 rings (SSSR count). The highest BCUT2D eigenvalue weighted by Crippen LogP contribution is 2.27. The minimum Gasteiger partial charge on any atom is -0.494 e. The molecule has 0 atom stereocenters. The lowest BCUT2D eigenvalue weighted by Gasteiger charge is -2.27. The van der Waals surface area contributed by atoms with Gasteiger partial charge in [-0.15, -0.1) is 0 Å². The SMILES string of the molecule is CCOc1ccc(NCC2(O)CCCCCC2)cc1. The van der Waals surface area contributed by atoms with Crippen molar-refractivity contribution >= 4 is 5.69 Å². The van der Waals surface area contributed by atoms with Crippen LogP contribution in [-0.2, 0) is 0 Å². The Balaban J connectivity index is 1.86. The number of hydrogen-bond donors (Lipinski definition) is 2. The summed E-state index contributed by atoms with van der Waals surface area (Å²) in [5, 5.41) is 13.9. The lowest BCUT2D eigenvalue weighted by Crippen LogP contribution is -2.36. The molecule has 1 aromatic rings. The Morgan fingerprint density at radius 2 is 1.74 bits per heavy atom. The molecule has 1 fully saturated rings. The van der Waals surface area contributed by atoms with Crippen molar-refractivity contribution in [2.75, 3.05) is 18.5 Å². The predicted molar refractivity (Wildman–Crippen MR) is 78.8 cm³/mol. The molecule has 106 valence electrons. The molecule has 1 aromatic carbocycles. The molecule has 0 unspecified atom stereocenters. The molecule has 0 aromatic heterocycles. The van der Waals surface area contributed by atoms with E-state index in [9.17, 15) is 5.11 Å². The standard InChI is InChI=1S/C16H25NO2/c1-2-19-15-9-7-14(8-10-15)17-13-16(18)11-5-3-4-6-12-16/h7-10,17-18H,2-6,11-13H2,1H3. The Morgan fingerprint density at radius 3 is 2.32 bits per heavy atom. The first-order valence-electron chi connectivity index (χ1n) is 7.41. The van der Waals surface area contributed by atoms with Gasteiger partial charge in [0.05, 0.1) is 12.2 Å². The summed E-state index contributed by atoms with van der Waals surface area (Å²) in [5.41, 5.74) is 0.510. The maximum absolute atomic E-state index is 10.6. The predicted octanol–water partition coefficient (Wildman–Crippen LogP) is 3.58. The van der Waals surface area contributed by atoms with Gasteiger partial charge in [0.2, 0.25) is 0 Å². The van der Waals surface area contributed by atoms with E-state index in [0.29, 0.717) is 13.2 Å². The van der Waals surface area contributed by atoms with Crippen molar-refractivity contribution in [1.29, 1.82) is 0 Å². The number of hydrogen-bond acceptors (Lipinski definition) is 3. The second kappa shape index (κ2) is 6.80. The van der Waals surface area contributed by atoms with Gasteiger partial charge in [0, 0.05) is 12.2 Å². The van der Waals surface area contributed by atoms with Crippen molar-refractivity contribution in [3.63, 3.8) is 0 Å². The molecule has 2 N–H and O–H groups in total. The van der Waals surface area contributed by atoms with Crippen molar-refractivity contribution in [1.82, 2.24) is 0 Å². The Morgan fingerprint density at radius 1 is 1.11 bits per heavy atom. The highest BCUT2D eigenvalue weighted by molar-refractivity contribution is 5.46. The first-order valence-corrected chi connectivity index (χ1v) is 7.41. The van der Waals surface area contributed by atoms with Gasteiger partial charge >= 0.3 is 0 Å². The minimum absolute atomic E-state index is 0.533. The molecular weight excluding hydrogens is 238 g/mol. The third-order valence-corrected chi connectivity index (χ3v) is 3.82. The third-order valence-electron chi connectivity index (χ3n) is 3.82. The fourth-order valence-electron chi connectivity index (χ4n) is 2.67. The number of benzene rings is 1. The first kappa shape index (κ1) is 14.2. The zero-order valence-electron chi connectivity index (χ0n) is 11.8. The van der Waals surface area contributed by atoms with Gasteiger partial charge in [-0.1, -0.05) is 25.7 Å². The van der Waals surface area contributed by atoms with Crippen LogP contribution in [0, 0.1) is 0 Å². The van der Waals surface area contributed by atoms with E-state index in [-0.39, 0.29) is 0 Å². The largest absolute Gasteiger partial charge is 0.494 e. The lowest BCUT2D eigenvalue weighted by atomic mass is 9.94. The van der Waals surface area contributed by atoms with Crippen LogP contribution in [0.25, 0.3) is 0 Å². The fourth-order valence-corrected chi connectivity index (χ4v) is 2.67. The van der Waals surface area contributed by atoms with Gasteiger partial charge < -0.3 is 15.2 Å². The summed E-state index contributed by atoms with van der Waals surface area (Å²) in [4.78, 5) is 0. The Bertz CT molecular complexity index is 367. The van der Waals surface area contributed by atoms with Gasteiger partial charge in [-0.05, 0) is 44.0 Å². The number of nitrogens with one attached hydrogen (secondary N) is 1. The van der Waals surface area contributed by atoms with Crippen LogP contribution in [0.15, 0.2) is 24.3 Å². The van der Waals surface area contributed by atoms with Crippen molar-refractivity contribution in [2.24, 2.45) is 0 Å². The third kappa shape index (κ3) is 4.43. The quantitative estimate of drug-likeness (QED) is 0.798. The van der Waals surface area contributed by atoms with E-state index < -0.39 is 5.60 Å². The molecule has 1 saturated carbocycles. The van der Waals surface area contributed by atoms with Crippen LogP contribution in [0.3, 0.4) is 0 Å². The highest BCUT2D eigenvalue weighted by atomic mass is 16.5. The molecule has 0 amide bonds. The molecule has 0 bridgehead atoms. The van der Waals surface area contributed by atoms with E-state index in [4.69, 9.17) is 4.74 Å². The van der Waals surface area contributed by atoms with Crippen molar-refractivity contribution in [2.45, 2.75) is 51.0 Å². The van der Waals surface area contributed by atoms with Crippen LogP contribution < -0.4 is 10.1 Å². The van der Waals surface area contributed by atoms with Crippen LogP contribution in [-0.4, -0.2) is 23.9 Å². The number of rotatable bonds is 5. The van der Waals surface area contributed by atoms with E-state index in [1.165, 1.54) is 12.8 Å². The summed E-state index contributed by atoms with van der Waals surface area (Å²) in [6.45, 7) is 3.31. The monoisotopic (exact) mass is 263 g/mol. The van der Waals surface area contributed by atoms with E-state index in [0.717, 1.165) is 37.1 Å². The summed E-state index contributed by atoms with van der Waals surface area (Å²) >= 11 is 0. The van der Waals surface area contributed by atoms with E-state index in [2.05, 4.69) is 5.32 Å². The van der Waals surface area contributed by atoms with Gasteiger partial charge in [0.25, 0.3) is 0 Å². The molecule has 0 radical (unpaired) electrons. The molecule has 1 aliphatic rings. The number of aliphatic hydroxyl groups is 1. The fraction of sp³-hybridized carbons (Fsp3) is 0.625. The summed E-state index contributed by atoms with van der Waals surface area (Å²) < 4.78 is 5.41. The zero-order chi connectivity index (χ0) is 13.6. The van der Waals surface area contributed by atoms with Gasteiger partial charge in [0.1, 0.15) is 5.75 Å². The number of ether oxygens (including phenoxy) is 1. The van der Waals surface area contributed by atoms with Gasteiger partial charge in [-0.3, -0.25) is 0 Å². The average molecular weight is 263 g/mol. The normalized spacial score (nSPS) is 18.6. The average Bonchev–Trinajstić information content (AvgIpc) is 2.64. The summed E-state index contributed by atoms with van der Waals surface area (Å²) in [5.74, 6) is 0.890. The van der Waals surface area contributed by atoms with Gasteiger partial charge in [-0.25, -0.2) is 0 Å². The van der Waals surface area contributed by atoms with Gasteiger partial charge in [-0.2, -0.15) is 0 Å². The van der Waals surface area contributed by atoms with Crippen molar-refractivity contribution in [3.05, 3.63) is 24.3 Å². The van der Waals surface area contributed by atoms with Crippen LogP contribution in [0.2, 0.25) is 0 Å². The van der Waals surface area contributed by atoms with E-state index >= 15 is 0 Å². The maximum Gasteiger partial charge on any atom is 0.119 e. The minimum atomic E-state index is -0.533. The molecule has 3 heteroatoms. The highest BCUT2D eigenvalue weighted by Gasteiger charge is 2.27. The smallest absolute Gasteiger partial charge is 0.119 e. The lowest BCUT2D eigenvalue weighted by molar-refractivity contribution is 0.0381. The Kier molecular flexibility index (Phi) is 5.08. The second-order valence-electron chi connectivity index (χ2n) is 5.45. The van der Waals surface area contributed by atoms with Crippen LogP contribution in [0.5, 0.6) is 5.75 Å². The first-order chi connectivity index (χ1) is 9.22. The summed E-state index contributed by atoms with van der Waals surface area (Å²) in [6.07, 6.45) is 6.62. The molecular formula is C16H25NO2. The van der Waals surface area contributed by atoms with Crippen LogP contribution >= 0.6 is 0 Å². The Labute approximate surface area is 116 Å². The van der Waals surface area contributed by atoms with Crippen LogP contribution in [0.1, 0.15) is 45.4 Å². The topological polar surface area (TPSA) is 41.5 Å². The molecule has 0 aliphatic heterocycles. The maximum atomic E-state index is 10.6. The van der Waals surface area contributed by atoms with Gasteiger partial charge in [0.15, 0.2) is 0 Å². The van der Waals surface area contributed by atoms with E-state index in [1.54, 1.807) is 0 Å².